The fraction of sp³-hybridized carbons (Fsp3) is 0.118. The summed E-state index contributed by atoms with van der Waals surface area (Å²) < 4.78 is 25.1. The number of benzene rings is 2. The smallest absolute Gasteiger partial charge is 0.242 e. The first-order valence-electron chi connectivity index (χ1n) is 6.92. The molecule has 126 valence electrons. The molecule has 0 radical (unpaired) electrons. The highest BCUT2D eigenvalue weighted by Crippen LogP contribution is 2.22. The van der Waals surface area contributed by atoms with Crippen molar-refractivity contribution in [2.45, 2.75) is 4.90 Å². The third-order valence-electron chi connectivity index (χ3n) is 3.29. The van der Waals surface area contributed by atoms with Crippen LogP contribution in [-0.2, 0) is 10.0 Å². The highest BCUT2D eigenvalue weighted by molar-refractivity contribution is 7.89. The zero-order valence-corrected chi connectivity index (χ0v) is 15.4. The lowest BCUT2D eigenvalue weighted by atomic mass is 10.1. The lowest BCUT2D eigenvalue weighted by Crippen LogP contribution is -2.22. The van der Waals surface area contributed by atoms with Crippen LogP contribution in [-0.4, -0.2) is 32.6 Å². The Labute approximate surface area is 151 Å². The van der Waals surface area contributed by atoms with E-state index < -0.39 is 10.0 Å². The fourth-order valence-electron chi connectivity index (χ4n) is 1.90. The maximum Gasteiger partial charge on any atom is 0.242 e. The van der Waals surface area contributed by atoms with Gasteiger partial charge in [-0.05, 0) is 54.1 Å². The first-order chi connectivity index (χ1) is 11.2. The van der Waals surface area contributed by atoms with E-state index in [1.807, 2.05) is 0 Å². The molecule has 7 heteroatoms. The van der Waals surface area contributed by atoms with Crippen molar-refractivity contribution in [3.05, 3.63) is 69.7 Å². The van der Waals surface area contributed by atoms with Crippen molar-refractivity contribution in [1.82, 2.24) is 4.31 Å². The predicted molar refractivity (Wildman–Crippen MR) is 97.1 cm³/mol. The highest BCUT2D eigenvalue weighted by Gasteiger charge is 2.17. The van der Waals surface area contributed by atoms with E-state index in [1.165, 1.54) is 44.4 Å². The maximum absolute atomic E-state index is 12.2. The van der Waals surface area contributed by atoms with Crippen molar-refractivity contribution in [2.75, 3.05) is 14.1 Å². The topological polar surface area (TPSA) is 54.5 Å². The second-order valence-electron chi connectivity index (χ2n) is 5.18. The second kappa shape index (κ2) is 7.49. The van der Waals surface area contributed by atoms with Crippen molar-refractivity contribution in [1.29, 1.82) is 0 Å². The zero-order chi connectivity index (χ0) is 17.9. The molecule has 2 rings (SSSR count). The number of carbonyl (C=O) groups is 1. The molecular weight excluding hydrogens is 369 g/mol. The maximum atomic E-state index is 12.2. The molecule has 0 fully saturated rings. The Balaban J connectivity index is 2.20. The van der Waals surface area contributed by atoms with E-state index in [0.717, 1.165) is 4.31 Å². The largest absolute Gasteiger partial charge is 0.289 e. The van der Waals surface area contributed by atoms with Gasteiger partial charge in [-0.1, -0.05) is 29.3 Å². The number of allylic oxidation sites excluding steroid dienone is 1. The van der Waals surface area contributed by atoms with E-state index in [9.17, 15) is 13.2 Å². The van der Waals surface area contributed by atoms with E-state index in [2.05, 4.69) is 0 Å². The minimum absolute atomic E-state index is 0.133. The van der Waals surface area contributed by atoms with E-state index in [-0.39, 0.29) is 10.7 Å². The third-order valence-corrected chi connectivity index (χ3v) is 5.69. The summed E-state index contributed by atoms with van der Waals surface area (Å²) in [5.41, 5.74) is 1.05. The lowest BCUT2D eigenvalue weighted by Gasteiger charge is -2.11. The summed E-state index contributed by atoms with van der Waals surface area (Å²) in [6, 6.07) is 10.8. The van der Waals surface area contributed by atoms with Crippen molar-refractivity contribution in [3.8, 4) is 0 Å². The number of nitrogens with zero attached hydrogens (tertiary/aromatic N) is 1. The second-order valence-corrected chi connectivity index (χ2v) is 8.17. The van der Waals surface area contributed by atoms with Crippen molar-refractivity contribution in [3.63, 3.8) is 0 Å². The van der Waals surface area contributed by atoms with Gasteiger partial charge in [-0.25, -0.2) is 12.7 Å². The summed E-state index contributed by atoms with van der Waals surface area (Å²) in [6.45, 7) is 0. The third kappa shape index (κ3) is 4.24. The Morgan fingerprint density at radius 2 is 1.67 bits per heavy atom. The summed E-state index contributed by atoms with van der Waals surface area (Å²) >= 11 is 11.9. The molecule has 0 N–H and O–H groups in total. The molecule has 24 heavy (non-hydrogen) atoms. The zero-order valence-electron chi connectivity index (χ0n) is 13.0. The number of hydrogen-bond acceptors (Lipinski definition) is 3. The quantitative estimate of drug-likeness (QED) is 0.575. The van der Waals surface area contributed by atoms with Gasteiger partial charge in [0.15, 0.2) is 5.78 Å². The first-order valence-corrected chi connectivity index (χ1v) is 9.11. The van der Waals surface area contributed by atoms with Crippen LogP contribution in [0, 0.1) is 0 Å². The van der Waals surface area contributed by atoms with Gasteiger partial charge in [0.05, 0.1) is 4.90 Å². The summed E-state index contributed by atoms with van der Waals surface area (Å²) in [5, 5.41) is 0.958. The van der Waals surface area contributed by atoms with Crippen molar-refractivity contribution >= 4 is 45.1 Å². The van der Waals surface area contributed by atoms with Crippen LogP contribution < -0.4 is 0 Å². The molecule has 0 aliphatic heterocycles. The molecule has 2 aromatic rings. The Kier molecular flexibility index (Phi) is 5.83. The average Bonchev–Trinajstić information content (AvgIpc) is 2.53. The number of halogens is 2. The van der Waals surface area contributed by atoms with Gasteiger partial charge in [0.1, 0.15) is 0 Å². The molecule has 0 unspecified atom stereocenters. The van der Waals surface area contributed by atoms with Crippen LogP contribution in [0.15, 0.2) is 53.4 Å². The standard InChI is InChI=1S/C17H15Cl2NO3S/c1-20(2)24(22,23)15-8-4-13(5-9-15)17(21)10-6-12-3-7-14(18)11-16(12)19/h3-11H,1-2H3/b10-6+. The van der Waals surface area contributed by atoms with E-state index in [0.29, 0.717) is 21.2 Å². The summed E-state index contributed by atoms with van der Waals surface area (Å²) in [5.74, 6) is -0.255. The predicted octanol–water partition coefficient (Wildman–Crippen LogP) is 4.14. The van der Waals surface area contributed by atoms with Gasteiger partial charge in [0, 0.05) is 29.7 Å². The van der Waals surface area contributed by atoms with Crippen LogP contribution in [0.1, 0.15) is 15.9 Å². The Morgan fingerprint density at radius 1 is 1.04 bits per heavy atom. The number of sulfonamides is 1. The first kappa shape index (κ1) is 18.7. The molecule has 0 amide bonds. The molecule has 0 saturated carbocycles. The van der Waals surface area contributed by atoms with Gasteiger partial charge in [0.2, 0.25) is 10.0 Å². The summed E-state index contributed by atoms with van der Waals surface area (Å²) in [6.07, 6.45) is 2.97. The molecular formula is C17H15Cl2NO3S. The minimum atomic E-state index is -3.51. The molecule has 4 nitrogen and oxygen atoms in total. The van der Waals surface area contributed by atoms with E-state index in [4.69, 9.17) is 23.2 Å². The van der Waals surface area contributed by atoms with Crippen LogP contribution >= 0.6 is 23.2 Å². The summed E-state index contributed by atoms with van der Waals surface area (Å²) in [7, 11) is -0.607. The Hall–Kier alpha value is -1.66. The molecule has 0 spiro atoms. The highest BCUT2D eigenvalue weighted by atomic mass is 35.5. The molecule has 0 aliphatic rings. The van der Waals surface area contributed by atoms with Gasteiger partial charge in [-0.3, -0.25) is 4.79 Å². The fourth-order valence-corrected chi connectivity index (χ4v) is 3.27. The van der Waals surface area contributed by atoms with Gasteiger partial charge in [-0.15, -0.1) is 0 Å². The van der Waals surface area contributed by atoms with E-state index >= 15 is 0 Å². The summed E-state index contributed by atoms with van der Waals surface area (Å²) in [4.78, 5) is 12.3. The molecule has 0 heterocycles. The minimum Gasteiger partial charge on any atom is -0.289 e. The molecule has 0 aromatic heterocycles. The number of ketones is 1. The Morgan fingerprint density at radius 3 is 2.21 bits per heavy atom. The molecule has 0 saturated heterocycles. The lowest BCUT2D eigenvalue weighted by molar-refractivity contribution is 0.104. The normalized spacial score (nSPS) is 12.0. The van der Waals surface area contributed by atoms with E-state index in [1.54, 1.807) is 24.3 Å². The number of hydrogen-bond donors (Lipinski definition) is 0. The number of carbonyl (C=O) groups excluding carboxylic acids is 1. The Bertz CT molecular complexity index is 889. The van der Waals surface area contributed by atoms with Crippen LogP contribution in [0.5, 0.6) is 0 Å². The van der Waals surface area contributed by atoms with Crippen LogP contribution in [0.3, 0.4) is 0 Å². The van der Waals surface area contributed by atoms with Crippen molar-refractivity contribution < 1.29 is 13.2 Å². The monoisotopic (exact) mass is 383 g/mol. The van der Waals surface area contributed by atoms with Gasteiger partial charge >= 0.3 is 0 Å². The van der Waals surface area contributed by atoms with Crippen LogP contribution in [0.25, 0.3) is 6.08 Å². The van der Waals surface area contributed by atoms with Gasteiger partial charge in [0.25, 0.3) is 0 Å². The van der Waals surface area contributed by atoms with Gasteiger partial charge in [-0.2, -0.15) is 0 Å². The average molecular weight is 384 g/mol. The molecule has 0 bridgehead atoms. The molecule has 2 aromatic carbocycles. The van der Waals surface area contributed by atoms with Crippen LogP contribution in [0.4, 0.5) is 0 Å². The van der Waals surface area contributed by atoms with Crippen LogP contribution in [0.2, 0.25) is 10.0 Å². The van der Waals surface area contributed by atoms with Gasteiger partial charge < -0.3 is 0 Å². The number of rotatable bonds is 5. The molecule has 0 aliphatic carbocycles. The van der Waals surface area contributed by atoms with Crippen molar-refractivity contribution in [2.24, 2.45) is 0 Å². The SMILES string of the molecule is CN(C)S(=O)(=O)c1ccc(C(=O)/C=C/c2ccc(Cl)cc2Cl)cc1. The molecule has 0 atom stereocenters.